The minimum Gasteiger partial charge on any atom is -0.494 e. The molecule has 0 unspecified atom stereocenters. The van der Waals surface area contributed by atoms with Gasteiger partial charge in [-0.1, -0.05) is 6.07 Å². The summed E-state index contributed by atoms with van der Waals surface area (Å²) in [5.41, 5.74) is 2.37. The number of rotatable bonds is 9. The number of aryl methyl sites for hydroxylation is 1. The SMILES string of the molecule is COC(=O)CCn1c(C)cc(C(=O)COC(=O)/C=C/c2ccc(OC)c(F)c2)c1C. The van der Waals surface area contributed by atoms with Gasteiger partial charge in [0.2, 0.25) is 5.78 Å². The minimum atomic E-state index is -0.723. The van der Waals surface area contributed by atoms with Crippen molar-refractivity contribution >= 4 is 23.8 Å². The smallest absolute Gasteiger partial charge is 0.331 e. The Bertz CT molecular complexity index is 976. The van der Waals surface area contributed by atoms with Crippen LogP contribution in [0.25, 0.3) is 6.08 Å². The molecule has 7 nitrogen and oxygen atoms in total. The normalized spacial score (nSPS) is 10.8. The van der Waals surface area contributed by atoms with Crippen LogP contribution in [0.15, 0.2) is 30.3 Å². The van der Waals surface area contributed by atoms with Gasteiger partial charge >= 0.3 is 11.9 Å². The standard InChI is InChI=1S/C22H24FNO6/c1-14-11-17(15(2)24(14)10-9-21(26)29-4)19(25)13-30-22(27)8-6-16-5-7-20(28-3)18(23)12-16/h5-8,11-12H,9-10,13H2,1-4H3/b8-6+. The Labute approximate surface area is 174 Å². The summed E-state index contributed by atoms with van der Waals surface area (Å²) < 4.78 is 30.0. The maximum Gasteiger partial charge on any atom is 0.331 e. The number of methoxy groups -OCH3 is 2. The molecule has 0 saturated carbocycles. The van der Waals surface area contributed by atoms with Crippen LogP contribution in [-0.2, 0) is 25.6 Å². The van der Waals surface area contributed by atoms with E-state index in [9.17, 15) is 18.8 Å². The summed E-state index contributed by atoms with van der Waals surface area (Å²) in [6.07, 6.45) is 2.69. The van der Waals surface area contributed by atoms with Crippen molar-refractivity contribution in [3.05, 3.63) is 58.7 Å². The third-order valence-corrected chi connectivity index (χ3v) is 4.57. The first-order valence-electron chi connectivity index (χ1n) is 9.22. The average molecular weight is 417 g/mol. The number of nitrogens with zero attached hydrogens (tertiary/aromatic N) is 1. The Kier molecular flexibility index (Phi) is 7.91. The average Bonchev–Trinajstić information content (AvgIpc) is 3.02. The summed E-state index contributed by atoms with van der Waals surface area (Å²) in [4.78, 5) is 35.7. The van der Waals surface area contributed by atoms with Crippen molar-refractivity contribution in [3.63, 3.8) is 0 Å². The van der Waals surface area contributed by atoms with Crippen LogP contribution in [0.3, 0.4) is 0 Å². The molecule has 0 aliphatic carbocycles. The zero-order valence-electron chi connectivity index (χ0n) is 17.4. The first kappa shape index (κ1) is 22.9. The fourth-order valence-electron chi connectivity index (χ4n) is 2.95. The number of halogens is 1. The van der Waals surface area contributed by atoms with E-state index in [2.05, 4.69) is 4.74 Å². The van der Waals surface area contributed by atoms with Gasteiger partial charge in [-0.3, -0.25) is 9.59 Å². The van der Waals surface area contributed by atoms with Crippen LogP contribution in [0.1, 0.15) is 33.7 Å². The monoisotopic (exact) mass is 417 g/mol. The van der Waals surface area contributed by atoms with E-state index in [1.165, 1.54) is 32.4 Å². The molecule has 0 aliphatic heterocycles. The molecule has 0 aliphatic rings. The van der Waals surface area contributed by atoms with Gasteiger partial charge < -0.3 is 18.8 Å². The topological polar surface area (TPSA) is 83.8 Å². The highest BCUT2D eigenvalue weighted by atomic mass is 19.1. The molecule has 160 valence electrons. The zero-order valence-corrected chi connectivity index (χ0v) is 17.4. The fraction of sp³-hybridized carbons (Fsp3) is 0.318. The zero-order chi connectivity index (χ0) is 22.3. The van der Waals surface area contributed by atoms with E-state index in [0.717, 1.165) is 11.8 Å². The highest BCUT2D eigenvalue weighted by molar-refractivity contribution is 6.00. The summed E-state index contributed by atoms with van der Waals surface area (Å²) >= 11 is 0. The predicted molar refractivity (Wildman–Crippen MR) is 108 cm³/mol. The van der Waals surface area contributed by atoms with E-state index < -0.39 is 18.4 Å². The Morgan fingerprint density at radius 3 is 2.50 bits per heavy atom. The number of hydrogen-bond donors (Lipinski definition) is 0. The number of ether oxygens (including phenoxy) is 3. The highest BCUT2D eigenvalue weighted by Gasteiger charge is 2.17. The third-order valence-electron chi connectivity index (χ3n) is 4.57. The molecule has 1 aromatic carbocycles. The van der Waals surface area contributed by atoms with E-state index in [0.29, 0.717) is 23.4 Å². The fourth-order valence-corrected chi connectivity index (χ4v) is 2.95. The van der Waals surface area contributed by atoms with Gasteiger partial charge in [-0.2, -0.15) is 0 Å². The third kappa shape index (κ3) is 5.79. The number of Topliss-reactive ketones (excluding diaryl/α,β-unsaturated/α-hetero) is 1. The number of benzene rings is 1. The molecule has 0 amide bonds. The molecule has 0 atom stereocenters. The predicted octanol–water partition coefficient (Wildman–Crippen LogP) is 3.26. The lowest BCUT2D eigenvalue weighted by Gasteiger charge is -2.09. The van der Waals surface area contributed by atoms with Crippen molar-refractivity contribution in [2.45, 2.75) is 26.8 Å². The molecule has 2 rings (SSSR count). The first-order chi connectivity index (χ1) is 14.3. The quantitative estimate of drug-likeness (QED) is 0.354. The van der Waals surface area contributed by atoms with Gasteiger partial charge in [-0.05, 0) is 43.7 Å². The summed E-state index contributed by atoms with van der Waals surface area (Å²) in [6, 6.07) is 5.94. The molecular formula is C22H24FNO6. The van der Waals surface area contributed by atoms with Crippen LogP contribution < -0.4 is 4.74 Å². The molecule has 0 radical (unpaired) electrons. The molecule has 2 aromatic rings. The molecule has 0 N–H and O–H groups in total. The summed E-state index contributed by atoms with van der Waals surface area (Å²) in [7, 11) is 2.68. The Morgan fingerprint density at radius 2 is 1.87 bits per heavy atom. The van der Waals surface area contributed by atoms with E-state index in [1.807, 2.05) is 11.5 Å². The van der Waals surface area contributed by atoms with Crippen molar-refractivity contribution in [1.29, 1.82) is 0 Å². The Hall–Kier alpha value is -3.42. The van der Waals surface area contributed by atoms with Crippen LogP contribution in [0.4, 0.5) is 4.39 Å². The van der Waals surface area contributed by atoms with E-state index >= 15 is 0 Å². The van der Waals surface area contributed by atoms with Crippen LogP contribution in [0.2, 0.25) is 0 Å². The number of carbonyl (C=O) groups excluding carboxylic acids is 3. The maximum absolute atomic E-state index is 13.7. The van der Waals surface area contributed by atoms with Gasteiger partial charge in [0.1, 0.15) is 0 Å². The minimum absolute atomic E-state index is 0.101. The molecule has 30 heavy (non-hydrogen) atoms. The molecule has 0 spiro atoms. The maximum atomic E-state index is 13.7. The Balaban J connectivity index is 1.96. The summed E-state index contributed by atoms with van der Waals surface area (Å²) in [5, 5.41) is 0. The van der Waals surface area contributed by atoms with Crippen LogP contribution in [0, 0.1) is 19.7 Å². The van der Waals surface area contributed by atoms with Crippen molar-refractivity contribution in [2.24, 2.45) is 0 Å². The second kappa shape index (κ2) is 10.4. The van der Waals surface area contributed by atoms with Crippen molar-refractivity contribution < 1.29 is 33.0 Å². The van der Waals surface area contributed by atoms with Gasteiger partial charge in [0, 0.05) is 29.6 Å². The lowest BCUT2D eigenvalue weighted by Crippen LogP contribution is -2.14. The summed E-state index contributed by atoms with van der Waals surface area (Å²) in [5.74, 6) is -1.87. The lowest BCUT2D eigenvalue weighted by molar-refractivity contribution is -0.141. The molecule has 0 bridgehead atoms. The van der Waals surface area contributed by atoms with Gasteiger partial charge in [-0.25, -0.2) is 9.18 Å². The van der Waals surface area contributed by atoms with E-state index in [4.69, 9.17) is 9.47 Å². The van der Waals surface area contributed by atoms with Crippen LogP contribution >= 0.6 is 0 Å². The molecule has 1 aromatic heterocycles. The van der Waals surface area contributed by atoms with Crippen molar-refractivity contribution in [1.82, 2.24) is 4.57 Å². The van der Waals surface area contributed by atoms with Crippen molar-refractivity contribution in [2.75, 3.05) is 20.8 Å². The number of aromatic nitrogens is 1. The van der Waals surface area contributed by atoms with Gasteiger partial charge in [0.15, 0.2) is 18.2 Å². The molecular weight excluding hydrogens is 393 g/mol. The second-order valence-electron chi connectivity index (χ2n) is 6.52. The van der Waals surface area contributed by atoms with Crippen LogP contribution in [-0.4, -0.2) is 43.1 Å². The van der Waals surface area contributed by atoms with Crippen molar-refractivity contribution in [3.8, 4) is 5.75 Å². The van der Waals surface area contributed by atoms with Gasteiger partial charge in [0.25, 0.3) is 0 Å². The lowest BCUT2D eigenvalue weighted by atomic mass is 10.1. The van der Waals surface area contributed by atoms with E-state index in [-0.39, 0.29) is 23.9 Å². The van der Waals surface area contributed by atoms with Crippen LogP contribution in [0.5, 0.6) is 5.75 Å². The van der Waals surface area contributed by atoms with Gasteiger partial charge in [-0.15, -0.1) is 0 Å². The summed E-state index contributed by atoms with van der Waals surface area (Å²) in [6.45, 7) is 3.54. The number of hydrogen-bond acceptors (Lipinski definition) is 6. The van der Waals surface area contributed by atoms with Gasteiger partial charge in [0.05, 0.1) is 20.6 Å². The number of ketones is 1. The highest BCUT2D eigenvalue weighted by Crippen LogP contribution is 2.19. The molecule has 8 heteroatoms. The molecule has 1 heterocycles. The Morgan fingerprint density at radius 1 is 1.13 bits per heavy atom. The number of esters is 2. The second-order valence-corrected chi connectivity index (χ2v) is 6.52. The molecule has 0 saturated heterocycles. The molecule has 0 fully saturated rings. The first-order valence-corrected chi connectivity index (χ1v) is 9.22. The largest absolute Gasteiger partial charge is 0.494 e. The van der Waals surface area contributed by atoms with E-state index in [1.54, 1.807) is 19.1 Å². The number of carbonyl (C=O) groups is 3.